The fraction of sp³-hybridized carbons (Fsp3) is 0.0769. The van der Waals surface area contributed by atoms with Crippen LogP contribution in [0.4, 0.5) is 4.39 Å². The van der Waals surface area contributed by atoms with Crippen LogP contribution in [0.25, 0.3) is 22.3 Å². The summed E-state index contributed by atoms with van der Waals surface area (Å²) >= 11 is 3.15. The Morgan fingerprint density at radius 1 is 0.879 bits per heavy atom. The Kier molecular flexibility index (Phi) is 6.32. The molecule has 2 aromatic heterocycles. The Morgan fingerprint density at radius 2 is 1.70 bits per heavy atom. The first-order valence-electron chi connectivity index (χ1n) is 10.3. The highest BCUT2D eigenvalue weighted by molar-refractivity contribution is 7.99. The zero-order valence-corrected chi connectivity index (χ0v) is 19.4. The normalized spacial score (nSPS) is 11.1. The Bertz CT molecular complexity index is 1410. The molecule has 0 N–H and O–H groups in total. The fourth-order valence-corrected chi connectivity index (χ4v) is 5.08. The minimum atomic E-state index is -0.247. The summed E-state index contributed by atoms with van der Waals surface area (Å²) in [6.07, 6.45) is 3.35. The number of benzene rings is 3. The number of aryl methyl sites for hydroxylation is 1. The van der Waals surface area contributed by atoms with E-state index in [4.69, 9.17) is 0 Å². The maximum absolute atomic E-state index is 13.3. The van der Waals surface area contributed by atoms with E-state index in [0.29, 0.717) is 10.8 Å². The van der Waals surface area contributed by atoms with Crippen LogP contribution in [-0.4, -0.2) is 19.9 Å². The SMILES string of the molecule is Cc1ccc(Sc2ccc(F)cc2)c(-c2ncnc3nc(SCc4ccccc4)ncc23)c1. The molecule has 0 fully saturated rings. The van der Waals surface area contributed by atoms with Gasteiger partial charge in [-0.1, -0.05) is 65.5 Å². The van der Waals surface area contributed by atoms with Crippen molar-refractivity contribution in [1.82, 2.24) is 19.9 Å². The summed E-state index contributed by atoms with van der Waals surface area (Å²) in [7, 11) is 0. The molecule has 0 atom stereocenters. The van der Waals surface area contributed by atoms with E-state index in [2.05, 4.69) is 50.3 Å². The largest absolute Gasteiger partial charge is 0.235 e. The van der Waals surface area contributed by atoms with Crippen LogP contribution < -0.4 is 0 Å². The van der Waals surface area contributed by atoms with E-state index in [0.717, 1.165) is 37.8 Å². The van der Waals surface area contributed by atoms with Gasteiger partial charge in [0, 0.05) is 27.3 Å². The van der Waals surface area contributed by atoms with Crippen molar-refractivity contribution in [2.75, 3.05) is 0 Å². The molecule has 0 aliphatic rings. The molecule has 0 bridgehead atoms. The minimum Gasteiger partial charge on any atom is -0.235 e. The smallest absolute Gasteiger partial charge is 0.189 e. The molecule has 0 spiro atoms. The van der Waals surface area contributed by atoms with Crippen LogP contribution in [0.2, 0.25) is 0 Å². The number of hydrogen-bond donors (Lipinski definition) is 0. The summed E-state index contributed by atoms with van der Waals surface area (Å²) in [5.74, 6) is 0.545. The standard InChI is InChI=1S/C26H19FN4S2/c1-17-7-12-23(33-20-10-8-19(27)9-11-20)21(13-17)24-22-14-28-26(31-25(22)30-16-29-24)32-15-18-5-3-2-4-6-18/h2-14,16H,15H2,1H3. The lowest BCUT2D eigenvalue weighted by molar-refractivity contribution is 0.626. The number of aromatic nitrogens is 4. The molecule has 3 aromatic carbocycles. The summed E-state index contributed by atoms with van der Waals surface area (Å²) in [6.45, 7) is 2.05. The highest BCUT2D eigenvalue weighted by atomic mass is 32.2. The van der Waals surface area contributed by atoms with Crippen LogP contribution in [0, 0.1) is 12.7 Å². The molecule has 5 aromatic rings. The van der Waals surface area contributed by atoms with Gasteiger partial charge in [-0.3, -0.25) is 0 Å². The van der Waals surface area contributed by atoms with Gasteiger partial charge in [0.25, 0.3) is 0 Å². The summed E-state index contributed by atoms with van der Waals surface area (Å²) in [4.78, 5) is 20.2. The molecule has 162 valence electrons. The van der Waals surface area contributed by atoms with E-state index in [1.165, 1.54) is 17.7 Å². The quantitative estimate of drug-likeness (QED) is 0.197. The van der Waals surface area contributed by atoms with Gasteiger partial charge in [-0.25, -0.2) is 24.3 Å². The highest BCUT2D eigenvalue weighted by Crippen LogP contribution is 2.38. The van der Waals surface area contributed by atoms with Crippen molar-refractivity contribution in [3.8, 4) is 11.3 Å². The number of hydrogen-bond acceptors (Lipinski definition) is 6. The third kappa shape index (κ3) is 5.05. The first-order valence-corrected chi connectivity index (χ1v) is 12.1. The monoisotopic (exact) mass is 470 g/mol. The van der Waals surface area contributed by atoms with Crippen molar-refractivity contribution in [3.63, 3.8) is 0 Å². The Balaban J connectivity index is 1.49. The maximum atomic E-state index is 13.3. The Hall–Kier alpha value is -3.29. The van der Waals surface area contributed by atoms with Crippen molar-refractivity contribution < 1.29 is 4.39 Å². The average molecular weight is 471 g/mol. The topological polar surface area (TPSA) is 51.6 Å². The fourth-order valence-electron chi connectivity index (χ4n) is 3.39. The Morgan fingerprint density at radius 3 is 2.52 bits per heavy atom. The maximum Gasteiger partial charge on any atom is 0.189 e. The van der Waals surface area contributed by atoms with Crippen molar-refractivity contribution in [3.05, 3.63) is 102 Å². The van der Waals surface area contributed by atoms with Gasteiger partial charge in [-0.05, 0) is 48.9 Å². The summed E-state index contributed by atoms with van der Waals surface area (Å²) in [5.41, 5.74) is 4.72. The Labute approximate surface area is 199 Å². The summed E-state index contributed by atoms with van der Waals surface area (Å²) < 4.78 is 13.3. The minimum absolute atomic E-state index is 0.247. The molecule has 0 saturated heterocycles. The molecule has 2 heterocycles. The van der Waals surface area contributed by atoms with E-state index in [9.17, 15) is 4.39 Å². The number of nitrogens with zero attached hydrogens (tertiary/aromatic N) is 4. The van der Waals surface area contributed by atoms with Crippen molar-refractivity contribution in [1.29, 1.82) is 0 Å². The molecular formula is C26H19FN4S2. The zero-order chi connectivity index (χ0) is 22.6. The van der Waals surface area contributed by atoms with Gasteiger partial charge in [0.05, 0.1) is 11.1 Å². The molecule has 0 aliphatic heterocycles. The lowest BCUT2D eigenvalue weighted by atomic mass is 10.1. The van der Waals surface area contributed by atoms with Crippen LogP contribution in [0.1, 0.15) is 11.1 Å². The van der Waals surface area contributed by atoms with Gasteiger partial charge in [0.1, 0.15) is 12.1 Å². The van der Waals surface area contributed by atoms with Crippen LogP contribution in [-0.2, 0) is 5.75 Å². The second kappa shape index (κ2) is 9.68. The lowest BCUT2D eigenvalue weighted by Crippen LogP contribution is -1.96. The highest BCUT2D eigenvalue weighted by Gasteiger charge is 2.14. The third-order valence-electron chi connectivity index (χ3n) is 5.01. The first-order chi connectivity index (χ1) is 16.2. The van der Waals surface area contributed by atoms with Gasteiger partial charge in [0.2, 0.25) is 0 Å². The van der Waals surface area contributed by atoms with E-state index in [1.807, 2.05) is 25.1 Å². The number of halogens is 1. The van der Waals surface area contributed by atoms with E-state index in [1.54, 1.807) is 48.2 Å². The van der Waals surface area contributed by atoms with Crippen LogP contribution in [0.3, 0.4) is 0 Å². The molecule has 0 unspecified atom stereocenters. The third-order valence-corrected chi connectivity index (χ3v) is 7.03. The van der Waals surface area contributed by atoms with Crippen molar-refractivity contribution in [2.24, 2.45) is 0 Å². The van der Waals surface area contributed by atoms with Crippen LogP contribution in [0.5, 0.6) is 0 Å². The molecule has 7 heteroatoms. The predicted octanol–water partition coefficient (Wildman–Crippen LogP) is 6.98. The molecule has 0 saturated carbocycles. The van der Waals surface area contributed by atoms with Gasteiger partial charge < -0.3 is 0 Å². The number of thioether (sulfide) groups is 1. The van der Waals surface area contributed by atoms with Crippen molar-refractivity contribution >= 4 is 34.6 Å². The molecule has 5 rings (SSSR count). The molecule has 0 radical (unpaired) electrons. The van der Waals surface area contributed by atoms with Gasteiger partial charge in [-0.15, -0.1) is 0 Å². The van der Waals surface area contributed by atoms with Gasteiger partial charge in [0.15, 0.2) is 10.8 Å². The summed E-state index contributed by atoms with van der Waals surface area (Å²) in [6, 6.07) is 23.0. The molecule has 4 nitrogen and oxygen atoms in total. The second-order valence-electron chi connectivity index (χ2n) is 7.44. The van der Waals surface area contributed by atoms with Gasteiger partial charge >= 0.3 is 0 Å². The molecule has 0 amide bonds. The molecular weight excluding hydrogens is 451 g/mol. The first kappa shape index (κ1) is 21.6. The van der Waals surface area contributed by atoms with Crippen LogP contribution in [0.15, 0.2) is 100 Å². The molecule has 0 aliphatic carbocycles. The zero-order valence-electron chi connectivity index (χ0n) is 17.8. The van der Waals surface area contributed by atoms with Crippen LogP contribution >= 0.6 is 23.5 Å². The summed E-state index contributed by atoms with van der Waals surface area (Å²) in [5, 5.41) is 1.48. The molecule has 33 heavy (non-hydrogen) atoms. The van der Waals surface area contributed by atoms with Crippen molar-refractivity contribution in [2.45, 2.75) is 27.6 Å². The predicted molar refractivity (Wildman–Crippen MR) is 132 cm³/mol. The van der Waals surface area contributed by atoms with E-state index >= 15 is 0 Å². The van der Waals surface area contributed by atoms with E-state index < -0.39 is 0 Å². The lowest BCUT2D eigenvalue weighted by Gasteiger charge is -2.12. The number of fused-ring (bicyclic) bond motifs is 1. The second-order valence-corrected chi connectivity index (χ2v) is 9.50. The van der Waals surface area contributed by atoms with Gasteiger partial charge in [-0.2, -0.15) is 0 Å². The van der Waals surface area contributed by atoms with E-state index in [-0.39, 0.29) is 5.82 Å². The number of rotatable bonds is 6. The average Bonchev–Trinajstić information content (AvgIpc) is 2.85.